The van der Waals surface area contributed by atoms with E-state index in [2.05, 4.69) is 5.32 Å². The number of hydrogen-bond acceptors (Lipinski definition) is 5. The van der Waals surface area contributed by atoms with Gasteiger partial charge in [0.25, 0.3) is 5.69 Å². The van der Waals surface area contributed by atoms with Crippen LogP contribution in [0.15, 0.2) is 42.5 Å². The second-order valence-corrected chi connectivity index (χ2v) is 6.01. The molecule has 2 aromatic carbocycles. The summed E-state index contributed by atoms with van der Waals surface area (Å²) in [4.78, 5) is 22.8. The molecule has 1 aliphatic rings. The number of ether oxygens (including phenoxy) is 2. The Balaban J connectivity index is 1.76. The maximum absolute atomic E-state index is 13.0. The molecule has 1 aliphatic heterocycles. The smallest absolute Gasteiger partial charge is 0.270 e. The van der Waals surface area contributed by atoms with Crippen LogP contribution >= 0.6 is 0 Å². The van der Waals surface area contributed by atoms with Crippen LogP contribution in [-0.2, 0) is 16.1 Å². The number of nitro groups is 1. The molecule has 27 heavy (non-hydrogen) atoms. The van der Waals surface area contributed by atoms with Gasteiger partial charge < -0.3 is 14.8 Å². The largest absolute Gasteiger partial charge is 0.467 e. The van der Waals surface area contributed by atoms with Crippen molar-refractivity contribution in [3.8, 4) is 5.75 Å². The van der Waals surface area contributed by atoms with Crippen LogP contribution in [0, 0.1) is 15.9 Å². The molecule has 8 heteroatoms. The fourth-order valence-corrected chi connectivity index (χ4v) is 2.72. The van der Waals surface area contributed by atoms with Gasteiger partial charge in [0, 0.05) is 29.3 Å². The van der Waals surface area contributed by atoms with E-state index in [9.17, 15) is 19.3 Å². The fraction of sp³-hybridized carbons (Fsp3) is 0.211. The van der Waals surface area contributed by atoms with E-state index in [1.807, 2.05) is 0 Å². The van der Waals surface area contributed by atoms with Gasteiger partial charge in [0.2, 0.25) is 5.91 Å². The maximum Gasteiger partial charge on any atom is 0.270 e. The Kier molecular flexibility index (Phi) is 5.46. The van der Waals surface area contributed by atoms with Crippen LogP contribution in [0.3, 0.4) is 0 Å². The summed E-state index contributed by atoms with van der Waals surface area (Å²) in [5.74, 6) is -0.279. The van der Waals surface area contributed by atoms with Gasteiger partial charge >= 0.3 is 0 Å². The van der Waals surface area contributed by atoms with Crippen molar-refractivity contribution in [2.75, 3.05) is 6.79 Å². The number of amides is 1. The third-order valence-electron chi connectivity index (χ3n) is 4.08. The highest BCUT2D eigenvalue weighted by atomic mass is 19.1. The van der Waals surface area contributed by atoms with E-state index in [0.29, 0.717) is 16.9 Å². The highest BCUT2D eigenvalue weighted by Gasteiger charge is 2.20. The molecule has 0 bridgehead atoms. The first-order valence-corrected chi connectivity index (χ1v) is 8.20. The van der Waals surface area contributed by atoms with Gasteiger partial charge in [-0.25, -0.2) is 4.39 Å². The quantitative estimate of drug-likeness (QED) is 0.493. The molecule has 140 valence electrons. The minimum Gasteiger partial charge on any atom is -0.467 e. The zero-order valence-electron chi connectivity index (χ0n) is 14.5. The molecular formula is C19H17FN2O5. The summed E-state index contributed by atoms with van der Waals surface area (Å²) in [7, 11) is 0. The third-order valence-corrected chi connectivity index (χ3v) is 4.08. The SMILES string of the molecule is C[C@@H](NC(=O)/C=C/c1cc([N+](=O)[O-])cc2c1OCOC2)c1ccc(F)cc1. The number of carbonyl (C=O) groups excluding carboxylic acids is 1. The summed E-state index contributed by atoms with van der Waals surface area (Å²) in [5, 5.41) is 13.9. The number of nitrogens with zero attached hydrogens (tertiary/aromatic N) is 1. The minimum absolute atomic E-state index is 0.0411. The molecular weight excluding hydrogens is 355 g/mol. The van der Waals surface area contributed by atoms with E-state index >= 15 is 0 Å². The Bertz CT molecular complexity index is 896. The molecule has 0 fully saturated rings. The number of hydrogen-bond donors (Lipinski definition) is 1. The van der Waals surface area contributed by atoms with Crippen LogP contribution in [0.5, 0.6) is 5.75 Å². The molecule has 2 aromatic rings. The molecule has 1 atom stereocenters. The van der Waals surface area contributed by atoms with Crippen LogP contribution in [0.4, 0.5) is 10.1 Å². The van der Waals surface area contributed by atoms with E-state index in [1.54, 1.807) is 19.1 Å². The Labute approximate surface area is 154 Å². The first kappa shape index (κ1) is 18.5. The Morgan fingerprint density at radius 2 is 2.07 bits per heavy atom. The second-order valence-electron chi connectivity index (χ2n) is 6.01. The molecule has 0 aromatic heterocycles. The molecule has 7 nitrogen and oxygen atoms in total. The minimum atomic E-state index is -0.511. The Morgan fingerprint density at radius 1 is 1.33 bits per heavy atom. The van der Waals surface area contributed by atoms with E-state index in [4.69, 9.17) is 9.47 Å². The van der Waals surface area contributed by atoms with E-state index < -0.39 is 4.92 Å². The van der Waals surface area contributed by atoms with Gasteiger partial charge in [-0.3, -0.25) is 14.9 Å². The normalized spacial score (nSPS) is 14.3. The number of nitro benzene ring substituents is 1. The van der Waals surface area contributed by atoms with Crippen molar-refractivity contribution in [2.45, 2.75) is 19.6 Å². The van der Waals surface area contributed by atoms with Gasteiger partial charge in [0.15, 0.2) is 6.79 Å². The summed E-state index contributed by atoms with van der Waals surface area (Å²) in [6.45, 7) is 2.01. The standard InChI is InChI=1S/C19H17FN2O5/c1-12(13-2-5-16(20)6-3-13)21-18(23)7-4-14-8-17(22(24)25)9-15-10-26-11-27-19(14)15/h2-9,12H,10-11H2,1H3,(H,21,23)/b7-4+/t12-/m1/s1. The lowest BCUT2D eigenvalue weighted by Crippen LogP contribution is -2.24. The monoisotopic (exact) mass is 372 g/mol. The van der Waals surface area contributed by atoms with Crippen LogP contribution in [0.2, 0.25) is 0 Å². The second kappa shape index (κ2) is 7.96. The van der Waals surface area contributed by atoms with Gasteiger partial charge in [-0.05, 0) is 30.7 Å². The molecule has 1 amide bonds. The average molecular weight is 372 g/mol. The summed E-state index contributed by atoms with van der Waals surface area (Å²) < 4.78 is 23.5. The zero-order valence-corrected chi connectivity index (χ0v) is 14.5. The van der Waals surface area contributed by atoms with Crippen molar-refractivity contribution in [1.29, 1.82) is 0 Å². The number of benzene rings is 2. The highest BCUT2D eigenvalue weighted by Crippen LogP contribution is 2.33. The molecule has 0 unspecified atom stereocenters. The van der Waals surface area contributed by atoms with Gasteiger partial charge in [0.1, 0.15) is 11.6 Å². The van der Waals surface area contributed by atoms with Crippen molar-refractivity contribution >= 4 is 17.7 Å². The van der Waals surface area contributed by atoms with Crippen molar-refractivity contribution in [3.05, 3.63) is 75.1 Å². The maximum atomic E-state index is 13.0. The summed E-state index contributed by atoms with van der Waals surface area (Å²) in [6, 6.07) is 8.24. The third kappa shape index (κ3) is 4.48. The van der Waals surface area contributed by atoms with Crippen LogP contribution in [0.1, 0.15) is 29.7 Å². The molecule has 3 rings (SSSR count). The molecule has 0 spiro atoms. The predicted molar refractivity (Wildman–Crippen MR) is 95.4 cm³/mol. The van der Waals surface area contributed by atoms with Crippen LogP contribution < -0.4 is 10.1 Å². The Hall–Kier alpha value is -3.26. The van der Waals surface area contributed by atoms with Gasteiger partial charge in [-0.15, -0.1) is 0 Å². The van der Waals surface area contributed by atoms with Crippen LogP contribution in [-0.4, -0.2) is 17.6 Å². The number of non-ortho nitro benzene ring substituents is 1. The highest BCUT2D eigenvalue weighted by molar-refractivity contribution is 5.92. The van der Waals surface area contributed by atoms with Gasteiger partial charge in [-0.2, -0.15) is 0 Å². The number of carbonyl (C=O) groups is 1. The number of halogens is 1. The topological polar surface area (TPSA) is 90.7 Å². The summed E-state index contributed by atoms with van der Waals surface area (Å²) >= 11 is 0. The number of nitrogens with one attached hydrogen (secondary N) is 1. The first-order valence-electron chi connectivity index (χ1n) is 8.20. The van der Waals surface area contributed by atoms with Crippen molar-refractivity contribution < 1.29 is 23.6 Å². The van der Waals surface area contributed by atoms with E-state index in [-0.39, 0.29) is 36.9 Å². The fourth-order valence-electron chi connectivity index (χ4n) is 2.72. The molecule has 0 saturated heterocycles. The molecule has 0 aliphatic carbocycles. The van der Waals surface area contributed by atoms with E-state index in [1.165, 1.54) is 36.4 Å². The molecule has 1 heterocycles. The molecule has 0 radical (unpaired) electrons. The van der Waals surface area contributed by atoms with Gasteiger partial charge in [-0.1, -0.05) is 12.1 Å². The lowest BCUT2D eigenvalue weighted by molar-refractivity contribution is -0.385. The summed E-state index contributed by atoms with van der Waals surface area (Å²) in [6.07, 6.45) is 2.74. The summed E-state index contributed by atoms with van der Waals surface area (Å²) in [5.41, 5.74) is 1.62. The van der Waals surface area contributed by atoms with Crippen molar-refractivity contribution in [1.82, 2.24) is 5.32 Å². The first-order chi connectivity index (χ1) is 12.9. The average Bonchev–Trinajstić information content (AvgIpc) is 2.66. The molecule has 0 saturated carbocycles. The predicted octanol–water partition coefficient (Wildman–Crippen LogP) is 3.49. The van der Waals surface area contributed by atoms with Crippen LogP contribution in [0.25, 0.3) is 6.08 Å². The lowest BCUT2D eigenvalue weighted by Gasteiger charge is -2.19. The lowest BCUT2D eigenvalue weighted by atomic mass is 10.1. The molecule has 1 N–H and O–H groups in total. The zero-order chi connectivity index (χ0) is 19.4. The van der Waals surface area contributed by atoms with E-state index in [0.717, 1.165) is 5.56 Å². The Morgan fingerprint density at radius 3 is 2.78 bits per heavy atom. The van der Waals surface area contributed by atoms with Crippen molar-refractivity contribution in [3.63, 3.8) is 0 Å². The van der Waals surface area contributed by atoms with Gasteiger partial charge in [0.05, 0.1) is 17.6 Å². The van der Waals surface area contributed by atoms with Crippen molar-refractivity contribution in [2.24, 2.45) is 0 Å². The number of fused-ring (bicyclic) bond motifs is 1. The number of rotatable bonds is 5.